The number of nitro groups is 1. The van der Waals surface area contributed by atoms with E-state index in [1.807, 2.05) is 0 Å². The van der Waals surface area contributed by atoms with Crippen LogP contribution in [0.2, 0.25) is 0 Å². The maximum absolute atomic E-state index is 10.9. The number of alkyl halides is 1. The van der Waals surface area contributed by atoms with Gasteiger partial charge in [0.1, 0.15) is 0 Å². The number of hydrogen-bond acceptors (Lipinski definition) is 3. The van der Waals surface area contributed by atoms with E-state index in [1.54, 1.807) is 19.1 Å². The Balaban J connectivity index is 2.99. The summed E-state index contributed by atoms with van der Waals surface area (Å²) in [6, 6.07) is 4.93. The zero-order valence-corrected chi connectivity index (χ0v) is 12.5. The lowest BCUT2D eigenvalue weighted by Gasteiger charge is -2.25. The molecule has 0 bridgehead atoms. The largest absolute Gasteiger partial charge is 0.487 e. The summed E-state index contributed by atoms with van der Waals surface area (Å²) in [4.78, 5) is 10.5. The van der Waals surface area contributed by atoms with Crippen molar-refractivity contribution in [3.05, 3.63) is 33.9 Å². The molecule has 5 heteroatoms. The highest BCUT2D eigenvalue weighted by atomic mass is 35.5. The van der Waals surface area contributed by atoms with Crippen LogP contribution in [-0.4, -0.2) is 16.9 Å². The molecule has 0 saturated carbocycles. The zero-order valence-electron chi connectivity index (χ0n) is 11.8. The number of benzene rings is 1. The number of nitro benzene ring substituents is 1. The number of hydrogen-bond donors (Lipinski definition) is 0. The lowest BCUT2D eigenvalue weighted by molar-refractivity contribution is -0.385. The Morgan fingerprint density at radius 1 is 1.42 bits per heavy atom. The Morgan fingerprint density at radius 2 is 2.05 bits per heavy atom. The molecule has 1 aromatic rings. The van der Waals surface area contributed by atoms with Gasteiger partial charge >= 0.3 is 5.69 Å². The molecule has 106 valence electrons. The number of rotatable bonds is 5. The third-order valence-electron chi connectivity index (χ3n) is 2.88. The maximum atomic E-state index is 10.9. The number of ether oxygens (including phenoxy) is 1. The van der Waals surface area contributed by atoms with Gasteiger partial charge < -0.3 is 4.74 Å². The van der Waals surface area contributed by atoms with Gasteiger partial charge in [0.25, 0.3) is 0 Å². The van der Waals surface area contributed by atoms with E-state index < -0.39 is 4.92 Å². The molecule has 4 nitrogen and oxygen atoms in total. The highest BCUT2D eigenvalue weighted by Crippen LogP contribution is 2.32. The van der Waals surface area contributed by atoms with E-state index in [0.717, 1.165) is 5.56 Å². The first kappa shape index (κ1) is 15.8. The minimum atomic E-state index is -0.434. The van der Waals surface area contributed by atoms with Gasteiger partial charge in [-0.1, -0.05) is 26.8 Å². The second kappa shape index (κ2) is 6.24. The van der Waals surface area contributed by atoms with Gasteiger partial charge in [0, 0.05) is 11.4 Å². The quantitative estimate of drug-likeness (QED) is 0.463. The van der Waals surface area contributed by atoms with Gasteiger partial charge in [-0.25, -0.2) is 0 Å². The molecule has 19 heavy (non-hydrogen) atoms. The molecule has 0 spiro atoms. The third kappa shape index (κ3) is 4.39. The van der Waals surface area contributed by atoms with Crippen molar-refractivity contribution in [1.82, 2.24) is 0 Å². The summed E-state index contributed by atoms with van der Waals surface area (Å²) in [5.41, 5.74) is 0.922. The molecule has 0 radical (unpaired) electrons. The highest BCUT2D eigenvalue weighted by molar-refractivity contribution is 6.21. The lowest BCUT2D eigenvalue weighted by atomic mass is 9.88. The van der Waals surface area contributed by atoms with E-state index in [0.29, 0.717) is 18.8 Å². The molecule has 0 aromatic heterocycles. The smallest absolute Gasteiger partial charge is 0.310 e. The van der Waals surface area contributed by atoms with Crippen molar-refractivity contribution in [1.29, 1.82) is 0 Å². The minimum absolute atomic E-state index is 0.00696. The molecule has 0 aliphatic rings. The molecule has 0 saturated heterocycles. The average Bonchev–Trinajstić information content (AvgIpc) is 2.28. The molecule has 0 aliphatic carbocycles. The Hall–Kier alpha value is -1.29. The molecule has 1 rings (SSSR count). The SMILES string of the molecule is CCOc1cc(CC(Cl)C(C)(C)C)ccc1[N+](=O)[O-]. The summed E-state index contributed by atoms with van der Waals surface area (Å²) in [5.74, 6) is 0.308. The summed E-state index contributed by atoms with van der Waals surface area (Å²) in [7, 11) is 0. The molecular formula is C14H20ClNO3. The molecule has 0 aliphatic heterocycles. The van der Waals surface area contributed by atoms with Crippen molar-refractivity contribution in [2.75, 3.05) is 6.61 Å². The van der Waals surface area contributed by atoms with Crippen molar-refractivity contribution in [2.45, 2.75) is 39.5 Å². The summed E-state index contributed by atoms with van der Waals surface area (Å²) in [6.45, 7) is 8.41. The molecule has 1 unspecified atom stereocenters. The molecule has 1 atom stereocenters. The second-order valence-corrected chi connectivity index (χ2v) is 6.06. The predicted molar refractivity (Wildman–Crippen MR) is 77.1 cm³/mol. The van der Waals surface area contributed by atoms with Crippen molar-refractivity contribution in [3.8, 4) is 5.75 Å². The number of halogens is 1. The van der Waals surface area contributed by atoms with E-state index >= 15 is 0 Å². The van der Waals surface area contributed by atoms with Gasteiger partial charge in [-0.05, 0) is 30.4 Å². The van der Waals surface area contributed by atoms with Crippen LogP contribution in [0.5, 0.6) is 5.75 Å². The van der Waals surface area contributed by atoms with Crippen LogP contribution >= 0.6 is 11.6 Å². The summed E-state index contributed by atoms with van der Waals surface area (Å²) < 4.78 is 5.32. The van der Waals surface area contributed by atoms with Gasteiger partial charge in [0.05, 0.1) is 11.5 Å². The van der Waals surface area contributed by atoms with E-state index in [-0.39, 0.29) is 16.5 Å². The fourth-order valence-corrected chi connectivity index (χ4v) is 1.80. The van der Waals surface area contributed by atoms with Gasteiger partial charge in [-0.3, -0.25) is 10.1 Å². The van der Waals surface area contributed by atoms with Crippen LogP contribution in [0.3, 0.4) is 0 Å². The van der Waals surface area contributed by atoms with E-state index in [2.05, 4.69) is 20.8 Å². The average molecular weight is 286 g/mol. The first-order valence-corrected chi connectivity index (χ1v) is 6.73. The van der Waals surface area contributed by atoms with Crippen LogP contribution < -0.4 is 4.74 Å². The van der Waals surface area contributed by atoms with Crippen LogP contribution in [-0.2, 0) is 6.42 Å². The molecule has 0 fully saturated rings. The normalized spacial score (nSPS) is 13.1. The topological polar surface area (TPSA) is 52.4 Å². The van der Waals surface area contributed by atoms with E-state index in [9.17, 15) is 10.1 Å². The molecule has 0 amide bonds. The first-order chi connectivity index (χ1) is 8.75. The van der Waals surface area contributed by atoms with Crippen molar-refractivity contribution in [2.24, 2.45) is 5.41 Å². The minimum Gasteiger partial charge on any atom is -0.487 e. The van der Waals surface area contributed by atoms with Crippen LogP contribution in [0.25, 0.3) is 0 Å². The Bertz CT molecular complexity index is 454. The predicted octanol–water partition coefficient (Wildman–Crippen LogP) is 4.19. The third-order valence-corrected chi connectivity index (χ3v) is 3.68. The van der Waals surface area contributed by atoms with Gasteiger partial charge in [0.2, 0.25) is 0 Å². The molecule has 0 N–H and O–H groups in total. The van der Waals surface area contributed by atoms with Crippen molar-refractivity contribution >= 4 is 17.3 Å². The number of nitrogens with zero attached hydrogens (tertiary/aromatic N) is 1. The summed E-state index contributed by atoms with van der Waals surface area (Å²) in [6.07, 6.45) is 0.656. The van der Waals surface area contributed by atoms with Crippen molar-refractivity contribution < 1.29 is 9.66 Å². The van der Waals surface area contributed by atoms with Crippen LogP contribution in [0.15, 0.2) is 18.2 Å². The standard InChI is InChI=1S/C14H20ClNO3/c1-5-19-12-8-10(6-7-11(12)16(17)18)9-13(15)14(2,3)4/h6-8,13H,5,9H2,1-4H3. The first-order valence-electron chi connectivity index (χ1n) is 6.30. The molecule has 1 aromatic carbocycles. The van der Waals surface area contributed by atoms with E-state index in [1.165, 1.54) is 6.07 Å². The Morgan fingerprint density at radius 3 is 2.53 bits per heavy atom. The Kier molecular flexibility index (Phi) is 5.18. The monoisotopic (exact) mass is 285 g/mol. The summed E-state index contributed by atoms with van der Waals surface area (Å²) in [5, 5.41) is 10.9. The summed E-state index contributed by atoms with van der Waals surface area (Å²) >= 11 is 6.35. The Labute approximate surface area is 118 Å². The van der Waals surface area contributed by atoms with Gasteiger partial charge in [-0.2, -0.15) is 0 Å². The van der Waals surface area contributed by atoms with Gasteiger partial charge in [0.15, 0.2) is 5.75 Å². The van der Waals surface area contributed by atoms with Crippen LogP contribution in [0.4, 0.5) is 5.69 Å². The fraction of sp³-hybridized carbons (Fsp3) is 0.571. The van der Waals surface area contributed by atoms with E-state index in [4.69, 9.17) is 16.3 Å². The van der Waals surface area contributed by atoms with Crippen LogP contribution in [0.1, 0.15) is 33.3 Å². The fourth-order valence-electron chi connectivity index (χ4n) is 1.62. The van der Waals surface area contributed by atoms with Gasteiger partial charge in [-0.15, -0.1) is 11.6 Å². The molecule has 0 heterocycles. The lowest BCUT2D eigenvalue weighted by Crippen LogP contribution is -2.22. The van der Waals surface area contributed by atoms with Crippen molar-refractivity contribution in [3.63, 3.8) is 0 Å². The highest BCUT2D eigenvalue weighted by Gasteiger charge is 2.23. The van der Waals surface area contributed by atoms with Crippen LogP contribution in [0, 0.1) is 15.5 Å². The second-order valence-electron chi connectivity index (χ2n) is 5.53. The zero-order chi connectivity index (χ0) is 14.6. The maximum Gasteiger partial charge on any atom is 0.310 e. The molecular weight excluding hydrogens is 266 g/mol.